The van der Waals surface area contributed by atoms with Crippen molar-refractivity contribution in [2.45, 2.75) is 11.2 Å². The van der Waals surface area contributed by atoms with Gasteiger partial charge in [0.2, 0.25) is 0 Å². The van der Waals surface area contributed by atoms with Crippen LogP contribution in [-0.2, 0) is 9.84 Å². The van der Waals surface area contributed by atoms with E-state index in [0.717, 1.165) is 5.56 Å². The quantitative estimate of drug-likeness (QED) is 0.893. The van der Waals surface area contributed by atoms with Gasteiger partial charge in [0, 0.05) is 17.2 Å². The first-order valence-corrected chi connectivity index (χ1v) is 7.43. The van der Waals surface area contributed by atoms with Gasteiger partial charge in [-0.15, -0.1) is 0 Å². The maximum Gasteiger partial charge on any atom is 0.151 e. The normalized spacial score (nSPS) is 29.1. The molecule has 0 saturated heterocycles. The number of nitrogens with two attached hydrogens (primary N) is 1. The first-order valence-electron chi connectivity index (χ1n) is 5.09. The second kappa shape index (κ2) is 4.02. The van der Waals surface area contributed by atoms with Gasteiger partial charge in [0.05, 0.1) is 5.25 Å². The number of rotatable bonds is 3. The summed E-state index contributed by atoms with van der Waals surface area (Å²) in [6.45, 7) is 0.408. The molecule has 2 N–H and O–H groups in total. The minimum atomic E-state index is -3.01. The molecule has 0 radical (unpaired) electrons. The highest BCUT2D eigenvalue weighted by Gasteiger charge is 2.55. The number of benzene rings is 1. The highest BCUT2D eigenvalue weighted by Crippen LogP contribution is 2.51. The van der Waals surface area contributed by atoms with E-state index in [1.807, 2.05) is 12.1 Å². The molecule has 2 rings (SSSR count). The molecule has 1 aromatic carbocycles. The van der Waals surface area contributed by atoms with Crippen LogP contribution in [0.25, 0.3) is 0 Å². The van der Waals surface area contributed by atoms with E-state index >= 15 is 0 Å². The van der Waals surface area contributed by atoms with Gasteiger partial charge in [0.25, 0.3) is 0 Å². The van der Waals surface area contributed by atoms with Gasteiger partial charge < -0.3 is 5.73 Å². The molecule has 5 heteroatoms. The maximum absolute atomic E-state index is 11.5. The Morgan fingerprint density at radius 1 is 1.31 bits per heavy atom. The van der Waals surface area contributed by atoms with Crippen molar-refractivity contribution in [3.8, 4) is 0 Å². The molecule has 0 aliphatic heterocycles. The molecule has 1 aliphatic rings. The molecule has 1 aliphatic carbocycles. The van der Waals surface area contributed by atoms with Crippen molar-refractivity contribution in [2.75, 3.05) is 12.8 Å². The third-order valence-corrected chi connectivity index (χ3v) is 5.00. The standard InChI is InChI=1S/C11H14ClNO2S/c1-16(14,15)11-9(6-13)10(11)7-2-4-8(12)5-3-7/h2-5,9-11H,6,13H2,1H3/t9-,10-,11+/m0/s1. The third kappa shape index (κ3) is 2.10. The van der Waals surface area contributed by atoms with Crippen LogP contribution in [0.15, 0.2) is 24.3 Å². The molecular weight excluding hydrogens is 246 g/mol. The van der Waals surface area contributed by atoms with Crippen molar-refractivity contribution in [1.29, 1.82) is 0 Å². The average Bonchev–Trinajstić information content (AvgIpc) is 2.92. The Balaban J connectivity index is 2.27. The van der Waals surface area contributed by atoms with E-state index in [9.17, 15) is 8.42 Å². The van der Waals surface area contributed by atoms with Gasteiger partial charge in [-0.25, -0.2) is 8.42 Å². The number of hydrogen-bond acceptors (Lipinski definition) is 3. The van der Waals surface area contributed by atoms with E-state index in [1.165, 1.54) is 6.26 Å². The summed E-state index contributed by atoms with van der Waals surface area (Å²) in [6, 6.07) is 7.31. The minimum Gasteiger partial charge on any atom is -0.330 e. The monoisotopic (exact) mass is 259 g/mol. The summed E-state index contributed by atoms with van der Waals surface area (Å²) in [6.07, 6.45) is 1.27. The zero-order valence-corrected chi connectivity index (χ0v) is 10.5. The van der Waals surface area contributed by atoms with E-state index in [-0.39, 0.29) is 17.1 Å². The fourth-order valence-electron chi connectivity index (χ4n) is 2.33. The van der Waals surface area contributed by atoms with Crippen LogP contribution in [0, 0.1) is 5.92 Å². The zero-order valence-electron chi connectivity index (χ0n) is 8.93. The van der Waals surface area contributed by atoms with E-state index in [0.29, 0.717) is 11.6 Å². The van der Waals surface area contributed by atoms with Crippen LogP contribution in [-0.4, -0.2) is 26.5 Å². The molecule has 1 fully saturated rings. The van der Waals surface area contributed by atoms with Gasteiger partial charge >= 0.3 is 0 Å². The molecule has 3 atom stereocenters. The fourth-order valence-corrected chi connectivity index (χ4v) is 4.17. The average molecular weight is 260 g/mol. The van der Waals surface area contributed by atoms with Gasteiger partial charge in [-0.2, -0.15) is 0 Å². The molecule has 0 amide bonds. The molecule has 0 spiro atoms. The van der Waals surface area contributed by atoms with Crippen LogP contribution in [0.1, 0.15) is 11.5 Å². The van der Waals surface area contributed by atoms with Gasteiger partial charge in [-0.3, -0.25) is 0 Å². The fraction of sp³-hybridized carbons (Fsp3) is 0.455. The Morgan fingerprint density at radius 3 is 2.25 bits per heavy atom. The van der Waals surface area contributed by atoms with Crippen LogP contribution in [0.4, 0.5) is 0 Å². The summed E-state index contributed by atoms with van der Waals surface area (Å²) >= 11 is 5.79. The highest BCUT2D eigenvalue weighted by molar-refractivity contribution is 7.91. The van der Waals surface area contributed by atoms with Crippen LogP contribution in [0.3, 0.4) is 0 Å². The van der Waals surface area contributed by atoms with Gasteiger partial charge in [-0.05, 0) is 30.2 Å². The predicted molar refractivity (Wildman–Crippen MR) is 65.4 cm³/mol. The first kappa shape index (κ1) is 11.9. The van der Waals surface area contributed by atoms with Crippen LogP contribution in [0.2, 0.25) is 5.02 Å². The Hall–Kier alpha value is -0.580. The molecule has 1 aromatic rings. The smallest absolute Gasteiger partial charge is 0.151 e. The highest BCUT2D eigenvalue weighted by atomic mass is 35.5. The third-order valence-electron chi connectivity index (χ3n) is 3.12. The number of sulfone groups is 1. The predicted octanol–water partition coefficient (Wildman–Crippen LogP) is 1.43. The molecular formula is C11H14ClNO2S. The van der Waals surface area contributed by atoms with Crippen molar-refractivity contribution in [1.82, 2.24) is 0 Å². The topological polar surface area (TPSA) is 60.2 Å². The Morgan fingerprint density at radius 2 is 1.88 bits per heavy atom. The Bertz CT molecular complexity index is 483. The summed E-state index contributed by atoms with van der Waals surface area (Å²) in [5.41, 5.74) is 6.60. The minimum absolute atomic E-state index is 0.0391. The lowest BCUT2D eigenvalue weighted by atomic mass is 10.1. The van der Waals surface area contributed by atoms with E-state index in [2.05, 4.69) is 0 Å². The second-order valence-corrected chi connectivity index (χ2v) is 6.91. The molecule has 1 saturated carbocycles. The molecule has 16 heavy (non-hydrogen) atoms. The molecule has 0 bridgehead atoms. The van der Waals surface area contributed by atoms with Crippen molar-refractivity contribution < 1.29 is 8.42 Å². The van der Waals surface area contributed by atoms with E-state index in [4.69, 9.17) is 17.3 Å². The summed E-state index contributed by atoms with van der Waals surface area (Å²) in [7, 11) is -3.01. The lowest BCUT2D eigenvalue weighted by Crippen LogP contribution is -2.11. The van der Waals surface area contributed by atoms with Crippen molar-refractivity contribution in [3.63, 3.8) is 0 Å². The maximum atomic E-state index is 11.5. The summed E-state index contributed by atoms with van der Waals surface area (Å²) in [5, 5.41) is 0.336. The first-order chi connectivity index (χ1) is 7.45. The van der Waals surface area contributed by atoms with Crippen LogP contribution in [0.5, 0.6) is 0 Å². The molecule has 0 unspecified atom stereocenters. The molecule has 0 aromatic heterocycles. The Kier molecular flexibility index (Phi) is 2.99. The van der Waals surface area contributed by atoms with Crippen molar-refractivity contribution in [2.24, 2.45) is 11.7 Å². The zero-order chi connectivity index (χ0) is 11.9. The Labute approximate surface area is 101 Å². The summed E-state index contributed by atoms with van der Waals surface area (Å²) in [4.78, 5) is 0. The molecule has 88 valence electrons. The van der Waals surface area contributed by atoms with Gasteiger partial charge in [0.1, 0.15) is 0 Å². The lowest BCUT2D eigenvalue weighted by Gasteiger charge is -1.99. The second-order valence-electron chi connectivity index (χ2n) is 4.27. The number of hydrogen-bond donors (Lipinski definition) is 1. The summed E-state index contributed by atoms with van der Waals surface area (Å²) < 4.78 is 23.1. The largest absolute Gasteiger partial charge is 0.330 e. The number of halogens is 1. The van der Waals surface area contributed by atoms with Gasteiger partial charge in [0.15, 0.2) is 9.84 Å². The molecule has 3 nitrogen and oxygen atoms in total. The van der Waals surface area contributed by atoms with Crippen molar-refractivity contribution in [3.05, 3.63) is 34.9 Å². The van der Waals surface area contributed by atoms with E-state index < -0.39 is 9.84 Å². The van der Waals surface area contributed by atoms with Crippen LogP contribution < -0.4 is 5.73 Å². The lowest BCUT2D eigenvalue weighted by molar-refractivity contribution is 0.597. The molecule has 0 heterocycles. The van der Waals surface area contributed by atoms with Crippen LogP contribution >= 0.6 is 11.6 Å². The van der Waals surface area contributed by atoms with Crippen molar-refractivity contribution >= 4 is 21.4 Å². The van der Waals surface area contributed by atoms with Gasteiger partial charge in [-0.1, -0.05) is 23.7 Å². The van der Waals surface area contributed by atoms with E-state index in [1.54, 1.807) is 12.1 Å². The summed E-state index contributed by atoms with van der Waals surface area (Å²) in [5.74, 6) is 0.0912. The SMILES string of the molecule is CS(=O)(=O)[C@@H]1[C@@H](CN)[C@@H]1c1ccc(Cl)cc1.